The predicted octanol–water partition coefficient (Wildman–Crippen LogP) is 2.74. The van der Waals surface area contributed by atoms with E-state index in [1.807, 2.05) is 30.3 Å². The predicted molar refractivity (Wildman–Crippen MR) is 101 cm³/mol. The van der Waals surface area contributed by atoms with Crippen LogP contribution in [0, 0.1) is 11.3 Å². The fraction of sp³-hybridized carbons (Fsp3) is 0.300. The van der Waals surface area contributed by atoms with Gasteiger partial charge in [-0.05, 0) is 48.4 Å². The van der Waals surface area contributed by atoms with Crippen LogP contribution < -0.4 is 20.1 Å². The van der Waals surface area contributed by atoms with E-state index < -0.39 is 0 Å². The van der Waals surface area contributed by atoms with Gasteiger partial charge >= 0.3 is 0 Å². The number of methoxy groups -OCH3 is 2. The minimum Gasteiger partial charge on any atom is -0.493 e. The Balaban J connectivity index is 1.69. The Morgan fingerprint density at radius 2 is 1.77 bits per heavy atom. The summed E-state index contributed by atoms with van der Waals surface area (Å²) < 4.78 is 10.5. The number of carbonyl (C=O) groups is 1. The highest BCUT2D eigenvalue weighted by Gasteiger charge is 2.05. The Labute approximate surface area is 153 Å². The van der Waals surface area contributed by atoms with Crippen LogP contribution in [-0.4, -0.2) is 33.2 Å². The Morgan fingerprint density at radius 1 is 1.04 bits per heavy atom. The molecule has 0 aliphatic carbocycles. The third-order valence-corrected chi connectivity index (χ3v) is 3.88. The molecular formula is C20H23N3O3. The molecule has 6 nitrogen and oxygen atoms in total. The van der Waals surface area contributed by atoms with E-state index in [-0.39, 0.29) is 5.91 Å². The lowest BCUT2D eigenvalue weighted by Crippen LogP contribution is -2.27. The molecule has 136 valence electrons. The summed E-state index contributed by atoms with van der Waals surface area (Å²) in [5.74, 6) is 1.36. The van der Waals surface area contributed by atoms with Crippen molar-refractivity contribution >= 4 is 11.6 Å². The summed E-state index contributed by atoms with van der Waals surface area (Å²) in [6, 6.07) is 14.9. The van der Waals surface area contributed by atoms with Gasteiger partial charge in [0.05, 0.1) is 25.9 Å². The van der Waals surface area contributed by atoms with Crippen LogP contribution in [0.1, 0.15) is 17.5 Å². The van der Waals surface area contributed by atoms with Crippen LogP contribution in [0.15, 0.2) is 42.5 Å². The Bertz CT molecular complexity index is 767. The summed E-state index contributed by atoms with van der Waals surface area (Å²) >= 11 is 0. The van der Waals surface area contributed by atoms with Crippen LogP contribution in [0.5, 0.6) is 11.5 Å². The zero-order valence-corrected chi connectivity index (χ0v) is 15.0. The van der Waals surface area contributed by atoms with Crippen LogP contribution in [0.3, 0.4) is 0 Å². The number of nitriles is 1. The average Bonchev–Trinajstić information content (AvgIpc) is 2.68. The van der Waals surface area contributed by atoms with Gasteiger partial charge in [-0.2, -0.15) is 5.26 Å². The van der Waals surface area contributed by atoms with Gasteiger partial charge < -0.3 is 20.1 Å². The molecule has 0 aliphatic heterocycles. The summed E-state index contributed by atoms with van der Waals surface area (Å²) in [6.07, 6.45) is 1.10. The SMILES string of the molecule is COc1ccc(CCNC(=O)CCNc2ccc(C#N)cc2)cc1OC. The first-order chi connectivity index (χ1) is 12.7. The van der Waals surface area contributed by atoms with Gasteiger partial charge in [-0.15, -0.1) is 0 Å². The maximum absolute atomic E-state index is 11.9. The van der Waals surface area contributed by atoms with Crippen molar-refractivity contribution in [3.8, 4) is 17.6 Å². The van der Waals surface area contributed by atoms with E-state index in [0.29, 0.717) is 36.6 Å². The van der Waals surface area contributed by atoms with E-state index in [1.165, 1.54) is 0 Å². The molecule has 0 saturated heterocycles. The van der Waals surface area contributed by atoms with Gasteiger partial charge in [0.25, 0.3) is 0 Å². The number of ether oxygens (including phenoxy) is 2. The molecule has 2 aromatic rings. The lowest BCUT2D eigenvalue weighted by Gasteiger charge is -2.10. The summed E-state index contributed by atoms with van der Waals surface area (Å²) in [5.41, 5.74) is 2.57. The quantitative estimate of drug-likeness (QED) is 0.724. The van der Waals surface area contributed by atoms with Crippen LogP contribution in [0.2, 0.25) is 0 Å². The van der Waals surface area contributed by atoms with Crippen LogP contribution in [0.25, 0.3) is 0 Å². The second-order valence-electron chi connectivity index (χ2n) is 5.66. The van der Waals surface area contributed by atoms with E-state index in [0.717, 1.165) is 17.7 Å². The van der Waals surface area contributed by atoms with Gasteiger partial charge in [-0.25, -0.2) is 0 Å². The molecule has 6 heteroatoms. The smallest absolute Gasteiger partial charge is 0.221 e. The highest BCUT2D eigenvalue weighted by molar-refractivity contribution is 5.76. The van der Waals surface area contributed by atoms with Gasteiger partial charge in [0, 0.05) is 25.2 Å². The van der Waals surface area contributed by atoms with Gasteiger partial charge in [0.1, 0.15) is 0 Å². The zero-order valence-electron chi connectivity index (χ0n) is 15.0. The number of rotatable bonds is 9. The molecule has 0 spiro atoms. The minimum absolute atomic E-state index is 0.00776. The van der Waals surface area contributed by atoms with Crippen molar-refractivity contribution < 1.29 is 14.3 Å². The van der Waals surface area contributed by atoms with Gasteiger partial charge in [-0.1, -0.05) is 6.07 Å². The maximum Gasteiger partial charge on any atom is 0.221 e. The number of amides is 1. The van der Waals surface area contributed by atoms with E-state index in [9.17, 15) is 4.79 Å². The number of nitrogens with one attached hydrogen (secondary N) is 2. The first kappa shape index (κ1) is 19.1. The molecule has 0 radical (unpaired) electrons. The second kappa shape index (κ2) is 9.94. The van der Waals surface area contributed by atoms with Crippen molar-refractivity contribution in [2.45, 2.75) is 12.8 Å². The van der Waals surface area contributed by atoms with Crippen LogP contribution in [0.4, 0.5) is 5.69 Å². The van der Waals surface area contributed by atoms with Crippen molar-refractivity contribution in [3.63, 3.8) is 0 Å². The van der Waals surface area contributed by atoms with Crippen molar-refractivity contribution in [1.82, 2.24) is 5.32 Å². The van der Waals surface area contributed by atoms with Crippen molar-refractivity contribution in [2.75, 3.05) is 32.6 Å². The summed E-state index contributed by atoms with van der Waals surface area (Å²) in [7, 11) is 3.20. The molecule has 26 heavy (non-hydrogen) atoms. The molecule has 0 heterocycles. The van der Waals surface area contributed by atoms with Crippen molar-refractivity contribution in [3.05, 3.63) is 53.6 Å². The molecule has 2 rings (SSSR count). The van der Waals surface area contributed by atoms with Crippen LogP contribution in [-0.2, 0) is 11.2 Å². The van der Waals surface area contributed by atoms with Gasteiger partial charge in [-0.3, -0.25) is 4.79 Å². The zero-order chi connectivity index (χ0) is 18.8. The Hall–Kier alpha value is -3.20. The molecule has 0 aliphatic rings. The number of hydrogen-bond acceptors (Lipinski definition) is 5. The van der Waals surface area contributed by atoms with Crippen molar-refractivity contribution in [1.29, 1.82) is 5.26 Å². The fourth-order valence-electron chi connectivity index (χ4n) is 2.45. The molecule has 0 atom stereocenters. The molecule has 0 aromatic heterocycles. The normalized spacial score (nSPS) is 9.88. The molecule has 0 fully saturated rings. The highest BCUT2D eigenvalue weighted by Crippen LogP contribution is 2.27. The third-order valence-electron chi connectivity index (χ3n) is 3.88. The van der Waals surface area contributed by atoms with E-state index in [4.69, 9.17) is 14.7 Å². The lowest BCUT2D eigenvalue weighted by atomic mass is 10.1. The third kappa shape index (κ3) is 5.71. The first-order valence-electron chi connectivity index (χ1n) is 8.38. The van der Waals surface area contributed by atoms with Gasteiger partial charge in [0.2, 0.25) is 5.91 Å². The molecule has 1 amide bonds. The van der Waals surface area contributed by atoms with E-state index in [1.54, 1.807) is 26.4 Å². The lowest BCUT2D eigenvalue weighted by molar-refractivity contribution is -0.120. The fourth-order valence-corrected chi connectivity index (χ4v) is 2.45. The number of benzene rings is 2. The van der Waals surface area contributed by atoms with E-state index >= 15 is 0 Å². The maximum atomic E-state index is 11.9. The monoisotopic (exact) mass is 353 g/mol. The summed E-state index contributed by atoms with van der Waals surface area (Å²) in [4.78, 5) is 11.9. The average molecular weight is 353 g/mol. The summed E-state index contributed by atoms with van der Waals surface area (Å²) in [6.45, 7) is 1.10. The van der Waals surface area contributed by atoms with Gasteiger partial charge in [0.15, 0.2) is 11.5 Å². The van der Waals surface area contributed by atoms with Crippen molar-refractivity contribution in [2.24, 2.45) is 0 Å². The number of carbonyl (C=O) groups excluding carboxylic acids is 1. The number of anilines is 1. The topological polar surface area (TPSA) is 83.4 Å². The second-order valence-corrected chi connectivity index (χ2v) is 5.66. The van der Waals surface area contributed by atoms with E-state index in [2.05, 4.69) is 16.7 Å². The molecular weight excluding hydrogens is 330 g/mol. The standard InChI is InChI=1S/C20H23N3O3/c1-25-18-8-5-15(13-19(18)26-2)9-11-23-20(24)10-12-22-17-6-3-16(14-21)4-7-17/h3-8,13,22H,9-12H2,1-2H3,(H,23,24). The molecule has 0 unspecified atom stereocenters. The highest BCUT2D eigenvalue weighted by atomic mass is 16.5. The van der Waals surface area contributed by atoms with Crippen LogP contribution >= 0.6 is 0 Å². The molecule has 0 bridgehead atoms. The molecule has 2 N–H and O–H groups in total. The minimum atomic E-state index is -0.00776. The first-order valence-corrected chi connectivity index (χ1v) is 8.38. The number of nitrogens with zero attached hydrogens (tertiary/aromatic N) is 1. The largest absolute Gasteiger partial charge is 0.493 e. The number of hydrogen-bond donors (Lipinski definition) is 2. The summed E-state index contributed by atoms with van der Waals surface area (Å²) in [5, 5.41) is 14.8. The Kier molecular flexibility index (Phi) is 7.31. The molecule has 0 saturated carbocycles. The Morgan fingerprint density at radius 3 is 2.42 bits per heavy atom. The molecule has 2 aromatic carbocycles.